The van der Waals surface area contributed by atoms with E-state index in [1.165, 1.54) is 0 Å². The van der Waals surface area contributed by atoms with Crippen LogP contribution in [0.15, 0.2) is 84.0 Å². The van der Waals surface area contributed by atoms with Crippen molar-refractivity contribution < 1.29 is 66.3 Å². The van der Waals surface area contributed by atoms with Crippen molar-refractivity contribution in [1.29, 1.82) is 0 Å². The van der Waals surface area contributed by atoms with E-state index in [2.05, 4.69) is 16.6 Å². The molecule has 0 aliphatic carbocycles. The molecular formula is C48H70N4O14. The van der Waals surface area contributed by atoms with Gasteiger partial charge in [0.25, 0.3) is 0 Å². The van der Waals surface area contributed by atoms with E-state index in [9.17, 15) is 0 Å². The van der Waals surface area contributed by atoms with Crippen molar-refractivity contribution in [2.45, 2.75) is 19.8 Å². The summed E-state index contributed by atoms with van der Waals surface area (Å²) in [5.41, 5.74) is 5.35. The van der Waals surface area contributed by atoms with Crippen LogP contribution in [-0.2, 0) is 86.1 Å². The van der Waals surface area contributed by atoms with Crippen LogP contribution >= 0.6 is 0 Å². The maximum absolute atomic E-state index is 5.79. The summed E-state index contributed by atoms with van der Waals surface area (Å²) in [6.45, 7) is 16.2. The molecule has 0 amide bonds. The van der Waals surface area contributed by atoms with E-state index in [-0.39, 0.29) is 0 Å². The molecule has 0 unspecified atom stereocenters. The molecule has 0 atom stereocenters. The van der Waals surface area contributed by atoms with Gasteiger partial charge >= 0.3 is 0 Å². The molecule has 18 heteroatoms. The first-order chi connectivity index (χ1) is 32.8. The maximum atomic E-state index is 5.79. The molecule has 0 radical (unpaired) electrons. The van der Waals surface area contributed by atoms with Gasteiger partial charge in [-0.1, -0.05) is 30.9 Å². The van der Waals surface area contributed by atoms with Crippen LogP contribution in [0.1, 0.15) is 22.8 Å². The number of aromatic nitrogens is 3. The Morgan fingerprint density at radius 2 is 0.621 bits per heavy atom. The highest BCUT2D eigenvalue weighted by molar-refractivity contribution is 5.77. The summed E-state index contributed by atoms with van der Waals surface area (Å²) >= 11 is 0. The van der Waals surface area contributed by atoms with Gasteiger partial charge in [-0.25, -0.2) is 15.0 Å². The number of nitrogens with zero attached hydrogens (tertiary/aromatic N) is 4. The first kappa shape index (κ1) is 54.6. The Morgan fingerprint density at radius 3 is 0.955 bits per heavy atom. The lowest BCUT2D eigenvalue weighted by Crippen LogP contribution is -2.14. The van der Waals surface area contributed by atoms with Crippen molar-refractivity contribution in [3.63, 3.8) is 0 Å². The van der Waals surface area contributed by atoms with Crippen LogP contribution in [0, 0.1) is 0 Å². The molecule has 3 aromatic heterocycles. The second kappa shape index (κ2) is 39.1. The molecule has 366 valence electrons. The van der Waals surface area contributed by atoms with Crippen molar-refractivity contribution in [2.24, 2.45) is 4.99 Å². The molecule has 1 aliphatic heterocycles. The number of rotatable bonds is 1. The van der Waals surface area contributed by atoms with Gasteiger partial charge in [-0.05, 0) is 42.5 Å². The molecule has 0 saturated carbocycles. The third-order valence-corrected chi connectivity index (χ3v) is 8.84. The fourth-order valence-electron chi connectivity index (χ4n) is 5.61. The summed E-state index contributed by atoms with van der Waals surface area (Å²) in [6.07, 6.45) is 5.16. The van der Waals surface area contributed by atoms with Gasteiger partial charge in [0, 0.05) is 0 Å². The van der Waals surface area contributed by atoms with E-state index in [1.807, 2.05) is 54.6 Å². The van der Waals surface area contributed by atoms with Gasteiger partial charge in [0.15, 0.2) is 0 Å². The molecule has 0 saturated heterocycles. The smallest absolute Gasteiger partial charge is 0.0890 e. The Morgan fingerprint density at radius 1 is 0.333 bits per heavy atom. The van der Waals surface area contributed by atoms with Crippen LogP contribution in [0.2, 0.25) is 0 Å². The van der Waals surface area contributed by atoms with Gasteiger partial charge in [-0.3, -0.25) is 4.99 Å². The Bertz CT molecular complexity index is 1720. The minimum absolute atomic E-state index is 0.305. The van der Waals surface area contributed by atoms with Crippen molar-refractivity contribution >= 4 is 6.21 Å². The molecule has 0 aromatic carbocycles. The van der Waals surface area contributed by atoms with Gasteiger partial charge in [-0.2, -0.15) is 0 Å². The van der Waals surface area contributed by atoms with Crippen molar-refractivity contribution in [1.82, 2.24) is 15.0 Å². The highest BCUT2D eigenvalue weighted by Crippen LogP contribution is 2.16. The second-order valence-electron chi connectivity index (χ2n) is 14.1. The van der Waals surface area contributed by atoms with Crippen molar-refractivity contribution in [3.05, 3.63) is 102 Å². The number of aliphatic imine (C=N–C) groups is 1. The van der Waals surface area contributed by atoms with Crippen LogP contribution in [0.4, 0.5) is 0 Å². The van der Waals surface area contributed by atoms with Crippen LogP contribution in [0.3, 0.4) is 0 Å². The first-order valence-electron chi connectivity index (χ1n) is 22.6. The van der Waals surface area contributed by atoms with E-state index in [0.717, 1.165) is 28.5 Å². The predicted octanol–water partition coefficient (Wildman–Crippen LogP) is 4.47. The lowest BCUT2D eigenvalue weighted by atomic mass is 10.2. The quantitative estimate of drug-likeness (QED) is 0.333. The Balaban J connectivity index is 1.10. The number of ether oxygens (including phenoxy) is 14. The number of hydrogen-bond donors (Lipinski definition) is 0. The fraction of sp³-hybridized carbons (Fsp3) is 0.583. The summed E-state index contributed by atoms with van der Waals surface area (Å²) < 4.78 is 79.0. The third-order valence-electron chi connectivity index (χ3n) is 8.84. The molecular weight excluding hydrogens is 857 g/mol. The zero-order valence-corrected chi connectivity index (χ0v) is 38.4. The van der Waals surface area contributed by atoms with Crippen LogP contribution in [-0.4, -0.2) is 186 Å². The van der Waals surface area contributed by atoms with Crippen LogP contribution in [0.5, 0.6) is 0 Å². The molecule has 0 fully saturated rings. The largest absolute Gasteiger partial charge is 0.377 e. The van der Waals surface area contributed by atoms with E-state index in [1.54, 1.807) is 18.4 Å². The summed E-state index contributed by atoms with van der Waals surface area (Å²) in [5.74, 6) is 0. The zero-order valence-electron chi connectivity index (χ0n) is 38.4. The van der Waals surface area contributed by atoms with E-state index >= 15 is 0 Å². The second-order valence-corrected chi connectivity index (χ2v) is 14.1. The average Bonchev–Trinajstić information content (AvgIpc) is 3.34. The average molecular weight is 927 g/mol. The van der Waals surface area contributed by atoms with E-state index in [4.69, 9.17) is 76.3 Å². The Labute approximate surface area is 389 Å². The molecule has 0 N–H and O–H groups in total. The molecule has 18 nitrogen and oxygen atoms in total. The van der Waals surface area contributed by atoms with Gasteiger partial charge in [-0.15, -0.1) is 0 Å². The maximum Gasteiger partial charge on any atom is 0.0890 e. The summed E-state index contributed by atoms with van der Waals surface area (Å²) in [4.78, 5) is 18.6. The number of allylic oxidation sites excluding steroid dienone is 2. The van der Waals surface area contributed by atoms with E-state index in [0.29, 0.717) is 196 Å². The lowest BCUT2D eigenvalue weighted by Gasteiger charge is -2.09. The topological polar surface area (TPSA) is 180 Å². The minimum atomic E-state index is 0.305. The van der Waals surface area contributed by atoms with Gasteiger partial charge in [0.05, 0.1) is 231 Å². The monoisotopic (exact) mass is 926 g/mol. The summed E-state index contributed by atoms with van der Waals surface area (Å²) in [6, 6.07) is 17.3. The van der Waals surface area contributed by atoms with Crippen molar-refractivity contribution in [3.8, 4) is 11.4 Å². The molecule has 6 bridgehead atoms. The van der Waals surface area contributed by atoms with Crippen molar-refractivity contribution in [2.75, 3.05) is 165 Å². The number of pyridine rings is 3. The number of fused-ring (bicyclic) bond motifs is 7. The lowest BCUT2D eigenvalue weighted by molar-refractivity contribution is -0.0219. The fourth-order valence-corrected chi connectivity index (χ4v) is 5.61. The van der Waals surface area contributed by atoms with Gasteiger partial charge in [0.1, 0.15) is 0 Å². The Hall–Kier alpha value is -3.96. The Kier molecular flexibility index (Phi) is 32.4. The molecule has 0 spiro atoms. The highest BCUT2D eigenvalue weighted by atomic mass is 16.6. The molecule has 4 heterocycles. The molecule has 66 heavy (non-hydrogen) atoms. The molecule has 1 aliphatic rings. The molecule has 4 rings (SSSR count). The molecule has 3 aromatic rings. The predicted molar refractivity (Wildman–Crippen MR) is 246 cm³/mol. The van der Waals surface area contributed by atoms with Crippen LogP contribution < -0.4 is 0 Å². The van der Waals surface area contributed by atoms with E-state index < -0.39 is 0 Å². The SMILES string of the molecule is C=C/C=C1\COCCOCCOCCOCCOCCOCCOCc2cccc(n2)-c2cccc(n2)COCCOCCOCCOCCOCCOCCOCc2cccc(n2)C=N1. The highest BCUT2D eigenvalue weighted by Gasteiger charge is 2.06. The summed E-state index contributed by atoms with van der Waals surface area (Å²) in [7, 11) is 0. The minimum Gasteiger partial charge on any atom is -0.377 e. The standard InChI is InChI=1S/C48H70N4O14/c1-2-6-43-38-63-33-29-59-25-21-55-17-13-53-15-19-57-23-27-61-31-35-65-40-45-9-4-11-47(51-45)48-12-5-10-46(52-48)41-66-36-32-62-28-24-58-20-16-54-14-18-56-22-26-60-30-34-64-39-44-8-3-7-42(50-44)37-49-43/h2-12,37H,1,13-36,38-41H2/b43-6+,49-37?. The number of hydrogen-bond acceptors (Lipinski definition) is 18. The van der Waals surface area contributed by atoms with Gasteiger partial charge < -0.3 is 66.3 Å². The van der Waals surface area contributed by atoms with Crippen LogP contribution in [0.25, 0.3) is 11.4 Å². The first-order valence-corrected chi connectivity index (χ1v) is 22.6. The zero-order chi connectivity index (χ0) is 46.1. The third kappa shape index (κ3) is 28.3. The van der Waals surface area contributed by atoms with Gasteiger partial charge in [0.2, 0.25) is 0 Å². The summed E-state index contributed by atoms with van der Waals surface area (Å²) in [5, 5.41) is 0. The normalized spacial score (nSPS) is 20.3.